The Hall–Kier alpha value is -2.27. The van der Waals surface area contributed by atoms with E-state index in [1.54, 1.807) is 7.05 Å². The van der Waals surface area contributed by atoms with Gasteiger partial charge in [0.1, 0.15) is 16.4 Å². The van der Waals surface area contributed by atoms with Crippen LogP contribution in [0.15, 0.2) is 45.7 Å². The highest BCUT2D eigenvalue weighted by atomic mass is 35.5. The Morgan fingerprint density at radius 2 is 2.20 bits per heavy atom. The van der Waals surface area contributed by atoms with E-state index in [4.69, 9.17) is 16.0 Å². The van der Waals surface area contributed by atoms with Gasteiger partial charge in [-0.25, -0.2) is 4.68 Å². The van der Waals surface area contributed by atoms with E-state index in [9.17, 15) is 4.79 Å². The first-order valence-electron chi connectivity index (χ1n) is 6.08. The molecule has 1 N–H and O–H groups in total. The van der Waals surface area contributed by atoms with Crippen LogP contribution in [-0.2, 0) is 13.6 Å². The predicted octanol–water partition coefficient (Wildman–Crippen LogP) is 2.79. The van der Waals surface area contributed by atoms with Gasteiger partial charge in [-0.3, -0.25) is 4.79 Å². The van der Waals surface area contributed by atoms with E-state index in [1.807, 2.05) is 30.3 Å². The standard InChI is InChI=1S/C14H12ClN3O2/c1-18-14(19)13(15)11(8-17-18)16-7-10-6-9-4-2-3-5-12(9)20-10/h2-6,8,16H,7H2,1H3. The van der Waals surface area contributed by atoms with Crippen LogP contribution in [-0.4, -0.2) is 9.78 Å². The van der Waals surface area contributed by atoms with Gasteiger partial charge in [0.25, 0.3) is 5.56 Å². The quantitative estimate of drug-likeness (QED) is 0.805. The fourth-order valence-corrected chi connectivity index (χ4v) is 2.18. The fourth-order valence-electron chi connectivity index (χ4n) is 1.94. The third-order valence-electron chi connectivity index (χ3n) is 3.01. The van der Waals surface area contributed by atoms with E-state index < -0.39 is 0 Å². The van der Waals surface area contributed by atoms with Gasteiger partial charge in [-0.2, -0.15) is 5.10 Å². The van der Waals surface area contributed by atoms with E-state index in [1.165, 1.54) is 10.9 Å². The molecule has 0 aliphatic heterocycles. The lowest BCUT2D eigenvalue weighted by atomic mass is 10.2. The maximum Gasteiger partial charge on any atom is 0.287 e. The molecule has 6 heteroatoms. The number of fused-ring (bicyclic) bond motifs is 1. The molecule has 0 radical (unpaired) electrons. The number of rotatable bonds is 3. The molecule has 2 heterocycles. The molecular weight excluding hydrogens is 278 g/mol. The van der Waals surface area contributed by atoms with Gasteiger partial charge in [0.2, 0.25) is 0 Å². The molecule has 5 nitrogen and oxygen atoms in total. The van der Waals surface area contributed by atoms with E-state index in [-0.39, 0.29) is 10.6 Å². The molecule has 0 fully saturated rings. The molecule has 1 aromatic carbocycles. The van der Waals surface area contributed by atoms with Crippen molar-refractivity contribution in [2.75, 3.05) is 5.32 Å². The van der Waals surface area contributed by atoms with Gasteiger partial charge >= 0.3 is 0 Å². The minimum Gasteiger partial charge on any atom is -0.459 e. The Kier molecular flexibility index (Phi) is 3.20. The van der Waals surface area contributed by atoms with Crippen LogP contribution in [0.25, 0.3) is 11.0 Å². The molecule has 102 valence electrons. The smallest absolute Gasteiger partial charge is 0.287 e. The summed E-state index contributed by atoms with van der Waals surface area (Å²) in [5.74, 6) is 0.767. The van der Waals surface area contributed by atoms with Crippen LogP contribution in [0.3, 0.4) is 0 Å². The minimum absolute atomic E-state index is 0.124. The third kappa shape index (κ3) is 2.28. The number of benzene rings is 1. The van der Waals surface area contributed by atoms with Gasteiger partial charge in [0.15, 0.2) is 0 Å². The second-order valence-corrected chi connectivity index (χ2v) is 4.78. The molecule has 0 spiro atoms. The first-order valence-corrected chi connectivity index (χ1v) is 6.46. The average molecular weight is 290 g/mol. The summed E-state index contributed by atoms with van der Waals surface area (Å²) >= 11 is 5.98. The van der Waals surface area contributed by atoms with Gasteiger partial charge in [-0.05, 0) is 12.1 Å². The number of hydrogen-bond acceptors (Lipinski definition) is 4. The van der Waals surface area contributed by atoms with Gasteiger partial charge in [0, 0.05) is 12.4 Å². The largest absolute Gasteiger partial charge is 0.459 e. The Bertz CT molecular complexity index is 790. The molecule has 0 aliphatic rings. The van der Waals surface area contributed by atoms with Crippen LogP contribution < -0.4 is 10.9 Å². The van der Waals surface area contributed by atoms with Crippen LogP contribution in [0.5, 0.6) is 0 Å². The monoisotopic (exact) mass is 289 g/mol. The number of hydrogen-bond donors (Lipinski definition) is 1. The molecule has 0 amide bonds. The fraction of sp³-hybridized carbons (Fsp3) is 0.143. The second-order valence-electron chi connectivity index (χ2n) is 4.41. The summed E-state index contributed by atoms with van der Waals surface area (Å²) in [5, 5.41) is 8.14. The maximum absolute atomic E-state index is 11.6. The van der Waals surface area contributed by atoms with Crippen molar-refractivity contribution in [2.45, 2.75) is 6.54 Å². The summed E-state index contributed by atoms with van der Waals surface area (Å²) in [6.07, 6.45) is 1.52. The first kappa shape index (κ1) is 12.7. The number of furan rings is 1. The summed E-state index contributed by atoms with van der Waals surface area (Å²) in [6, 6.07) is 9.72. The molecule has 2 aromatic heterocycles. The van der Waals surface area contributed by atoms with Crippen LogP contribution in [0.4, 0.5) is 5.69 Å². The van der Waals surface area contributed by atoms with Crippen molar-refractivity contribution < 1.29 is 4.42 Å². The zero-order valence-corrected chi connectivity index (χ0v) is 11.5. The van der Waals surface area contributed by atoms with E-state index >= 15 is 0 Å². The van der Waals surface area contributed by atoms with Crippen LogP contribution in [0.2, 0.25) is 5.02 Å². The Balaban J connectivity index is 1.83. The first-order chi connectivity index (χ1) is 9.65. The molecule has 0 unspecified atom stereocenters. The van der Waals surface area contributed by atoms with Gasteiger partial charge < -0.3 is 9.73 Å². The highest BCUT2D eigenvalue weighted by Gasteiger charge is 2.08. The van der Waals surface area contributed by atoms with Crippen LogP contribution >= 0.6 is 11.6 Å². The minimum atomic E-state index is -0.332. The van der Waals surface area contributed by atoms with Crippen LogP contribution in [0, 0.1) is 0 Å². The van der Waals surface area contributed by atoms with E-state index in [2.05, 4.69) is 10.4 Å². The highest BCUT2D eigenvalue weighted by Crippen LogP contribution is 2.21. The Morgan fingerprint density at radius 3 is 3.00 bits per heavy atom. The predicted molar refractivity (Wildman–Crippen MR) is 78.0 cm³/mol. The van der Waals surface area contributed by atoms with Gasteiger partial charge in [0.05, 0.1) is 18.4 Å². The summed E-state index contributed by atoms with van der Waals surface area (Å²) in [7, 11) is 1.55. The zero-order valence-electron chi connectivity index (χ0n) is 10.8. The molecule has 0 saturated carbocycles. The average Bonchev–Trinajstić information content (AvgIpc) is 2.87. The lowest BCUT2D eigenvalue weighted by molar-refractivity contribution is 0.559. The Morgan fingerprint density at radius 1 is 1.40 bits per heavy atom. The van der Waals surface area contributed by atoms with E-state index in [0.717, 1.165) is 16.7 Å². The van der Waals surface area contributed by atoms with Crippen molar-refractivity contribution in [3.05, 3.63) is 57.7 Å². The van der Waals surface area contributed by atoms with Crippen molar-refractivity contribution in [3.63, 3.8) is 0 Å². The molecule has 0 saturated heterocycles. The molecule has 0 atom stereocenters. The number of nitrogens with one attached hydrogen (secondary N) is 1. The number of aryl methyl sites for hydroxylation is 1. The molecule has 0 aliphatic carbocycles. The number of para-hydroxylation sites is 1. The Labute approximate surface area is 119 Å². The normalized spacial score (nSPS) is 10.9. The number of nitrogens with zero attached hydrogens (tertiary/aromatic N) is 2. The van der Waals surface area contributed by atoms with Crippen molar-refractivity contribution in [2.24, 2.45) is 7.05 Å². The van der Waals surface area contributed by atoms with E-state index in [0.29, 0.717) is 12.2 Å². The number of aromatic nitrogens is 2. The van der Waals surface area contributed by atoms with Gasteiger partial charge in [-0.15, -0.1) is 0 Å². The molecule has 0 bridgehead atoms. The molecular formula is C14H12ClN3O2. The lowest BCUT2D eigenvalue weighted by Crippen LogP contribution is -2.20. The molecule has 3 aromatic rings. The summed E-state index contributed by atoms with van der Waals surface area (Å²) in [4.78, 5) is 11.6. The SMILES string of the molecule is Cn1ncc(NCc2cc3ccccc3o2)c(Cl)c1=O. The second kappa shape index (κ2) is 5.02. The maximum atomic E-state index is 11.6. The topological polar surface area (TPSA) is 60.1 Å². The lowest BCUT2D eigenvalue weighted by Gasteiger charge is -2.06. The van der Waals surface area contributed by atoms with Crippen molar-refractivity contribution >= 4 is 28.3 Å². The third-order valence-corrected chi connectivity index (χ3v) is 3.37. The molecule has 20 heavy (non-hydrogen) atoms. The van der Waals surface area contributed by atoms with Crippen molar-refractivity contribution in [1.82, 2.24) is 9.78 Å². The zero-order chi connectivity index (χ0) is 14.1. The van der Waals surface area contributed by atoms with Crippen molar-refractivity contribution in [3.8, 4) is 0 Å². The highest BCUT2D eigenvalue weighted by molar-refractivity contribution is 6.32. The number of anilines is 1. The summed E-state index contributed by atoms with van der Waals surface area (Å²) < 4.78 is 6.86. The number of halogens is 1. The van der Waals surface area contributed by atoms with Crippen molar-refractivity contribution in [1.29, 1.82) is 0 Å². The van der Waals surface area contributed by atoms with Crippen LogP contribution in [0.1, 0.15) is 5.76 Å². The summed E-state index contributed by atoms with van der Waals surface area (Å²) in [6.45, 7) is 0.434. The molecule has 3 rings (SSSR count). The summed E-state index contributed by atoms with van der Waals surface area (Å²) in [5.41, 5.74) is 0.994. The van der Waals surface area contributed by atoms with Gasteiger partial charge in [-0.1, -0.05) is 29.8 Å².